The molecule has 4 rings (SSSR count). The van der Waals surface area contributed by atoms with Crippen molar-refractivity contribution in [2.24, 2.45) is 29.1 Å². The lowest BCUT2D eigenvalue weighted by Crippen LogP contribution is -2.55. The Morgan fingerprint density at radius 1 is 1.22 bits per heavy atom. The van der Waals surface area contributed by atoms with E-state index in [2.05, 4.69) is 26.3 Å². The van der Waals surface area contributed by atoms with Gasteiger partial charge in [-0.3, -0.25) is 9.59 Å². The number of terminal acetylenes is 1. The molecular weight excluding hydrogens is 396 g/mol. The standard InChI is InChI=1S/C29H40O3/c1-5-8-9-10-11-26(31)32-29(7-3)17-16-25-24-14-12-21-18-22(30)13-15-23(21)27(24)20(4)19-28(25,29)6-2/h3,18,23-25,27H,4-6,8-17,19H2,1-2H3/t23-,24?,25?,27?,28-,29-/m0/s1. The molecule has 3 fully saturated rings. The molecule has 0 radical (unpaired) electrons. The Kier molecular flexibility index (Phi) is 6.71. The largest absolute Gasteiger partial charge is 0.445 e. The number of unbranched alkanes of at least 4 members (excludes halogenated alkanes) is 3. The Balaban J connectivity index is 1.58. The van der Waals surface area contributed by atoms with E-state index in [9.17, 15) is 9.59 Å². The van der Waals surface area contributed by atoms with Crippen LogP contribution in [0.2, 0.25) is 0 Å². The van der Waals surface area contributed by atoms with Crippen LogP contribution in [0.25, 0.3) is 0 Å². The number of fused-ring (bicyclic) bond motifs is 5. The van der Waals surface area contributed by atoms with Crippen LogP contribution >= 0.6 is 0 Å². The molecule has 3 nitrogen and oxygen atoms in total. The van der Waals surface area contributed by atoms with Crippen LogP contribution in [0.15, 0.2) is 23.8 Å². The number of esters is 1. The zero-order chi connectivity index (χ0) is 22.9. The van der Waals surface area contributed by atoms with Gasteiger partial charge in [-0.05, 0) is 81.1 Å². The number of rotatable bonds is 7. The monoisotopic (exact) mass is 436 g/mol. The van der Waals surface area contributed by atoms with Crippen LogP contribution in [-0.2, 0) is 14.3 Å². The summed E-state index contributed by atoms with van der Waals surface area (Å²) < 4.78 is 6.27. The predicted molar refractivity (Wildman–Crippen MR) is 128 cm³/mol. The normalized spacial score (nSPS) is 38.2. The SMILES string of the molecule is C#C[C@]1(OC(=O)CCCCCC)CCC2C3CCC4=CC(=O)CC[C@@H]4C3C(=C)C[C@@]21CC. The van der Waals surface area contributed by atoms with Gasteiger partial charge in [0.2, 0.25) is 0 Å². The van der Waals surface area contributed by atoms with Gasteiger partial charge in [-0.2, -0.15) is 0 Å². The van der Waals surface area contributed by atoms with E-state index in [4.69, 9.17) is 11.2 Å². The molecule has 4 aliphatic rings. The van der Waals surface area contributed by atoms with Crippen molar-refractivity contribution in [3.63, 3.8) is 0 Å². The van der Waals surface area contributed by atoms with Crippen LogP contribution in [0.1, 0.15) is 97.3 Å². The molecule has 0 bridgehead atoms. The molecule has 0 N–H and O–H groups in total. The molecule has 4 aliphatic carbocycles. The van der Waals surface area contributed by atoms with Crippen molar-refractivity contribution >= 4 is 11.8 Å². The van der Waals surface area contributed by atoms with Crippen molar-refractivity contribution in [3.05, 3.63) is 23.8 Å². The second-order valence-corrected chi connectivity index (χ2v) is 10.8. The summed E-state index contributed by atoms with van der Waals surface area (Å²) >= 11 is 0. The van der Waals surface area contributed by atoms with Gasteiger partial charge in [-0.25, -0.2) is 0 Å². The number of ketones is 1. The Morgan fingerprint density at radius 2 is 2.03 bits per heavy atom. The summed E-state index contributed by atoms with van der Waals surface area (Å²) in [5.74, 6) is 5.12. The van der Waals surface area contributed by atoms with Crippen LogP contribution in [0.5, 0.6) is 0 Å². The highest BCUT2D eigenvalue weighted by Crippen LogP contribution is 2.68. The van der Waals surface area contributed by atoms with Crippen LogP contribution in [0.4, 0.5) is 0 Å². The van der Waals surface area contributed by atoms with Gasteiger partial charge in [-0.15, -0.1) is 6.42 Å². The van der Waals surface area contributed by atoms with Gasteiger partial charge in [0, 0.05) is 18.3 Å². The second-order valence-electron chi connectivity index (χ2n) is 10.8. The molecule has 0 aromatic carbocycles. The fraction of sp³-hybridized carbons (Fsp3) is 0.724. The van der Waals surface area contributed by atoms with Crippen LogP contribution in [0.3, 0.4) is 0 Å². The lowest BCUT2D eigenvalue weighted by atomic mass is 9.48. The van der Waals surface area contributed by atoms with E-state index in [1.165, 1.54) is 11.1 Å². The molecule has 0 aliphatic heterocycles. The zero-order valence-electron chi connectivity index (χ0n) is 20.1. The molecule has 174 valence electrons. The number of carbonyl (C=O) groups is 2. The molecule has 6 atom stereocenters. The average Bonchev–Trinajstić information content (AvgIpc) is 3.10. The van der Waals surface area contributed by atoms with E-state index >= 15 is 0 Å². The topological polar surface area (TPSA) is 43.4 Å². The van der Waals surface area contributed by atoms with Crippen LogP contribution in [-0.4, -0.2) is 17.4 Å². The first-order chi connectivity index (χ1) is 15.4. The summed E-state index contributed by atoms with van der Waals surface area (Å²) in [6.07, 6.45) is 20.1. The third-order valence-corrected chi connectivity index (χ3v) is 9.42. The number of hydrogen-bond acceptors (Lipinski definition) is 3. The maximum absolute atomic E-state index is 12.9. The van der Waals surface area contributed by atoms with Crippen molar-refractivity contribution < 1.29 is 14.3 Å². The lowest BCUT2D eigenvalue weighted by molar-refractivity contribution is -0.170. The zero-order valence-corrected chi connectivity index (χ0v) is 20.1. The minimum absolute atomic E-state index is 0.125. The first kappa shape index (κ1) is 23.3. The number of ether oxygens (including phenoxy) is 1. The quantitative estimate of drug-likeness (QED) is 0.196. The van der Waals surface area contributed by atoms with Crippen LogP contribution < -0.4 is 0 Å². The maximum Gasteiger partial charge on any atom is 0.307 e. The summed E-state index contributed by atoms with van der Waals surface area (Å²) in [5, 5.41) is 0. The summed E-state index contributed by atoms with van der Waals surface area (Å²) in [6.45, 7) is 8.99. The molecule has 0 saturated heterocycles. The highest BCUT2D eigenvalue weighted by atomic mass is 16.6. The summed E-state index contributed by atoms with van der Waals surface area (Å²) in [4.78, 5) is 24.9. The highest BCUT2D eigenvalue weighted by Gasteiger charge is 2.66. The van der Waals surface area contributed by atoms with E-state index in [-0.39, 0.29) is 17.2 Å². The minimum Gasteiger partial charge on any atom is -0.445 e. The molecule has 0 heterocycles. The van der Waals surface area contributed by atoms with Crippen LogP contribution in [0, 0.1) is 41.4 Å². The third-order valence-electron chi connectivity index (χ3n) is 9.42. The molecule has 3 heteroatoms. The van der Waals surface area contributed by atoms with Gasteiger partial charge in [0.15, 0.2) is 11.4 Å². The highest BCUT2D eigenvalue weighted by molar-refractivity contribution is 5.91. The smallest absolute Gasteiger partial charge is 0.307 e. The number of carbonyl (C=O) groups excluding carboxylic acids is 2. The molecule has 3 saturated carbocycles. The number of hydrogen-bond donors (Lipinski definition) is 0. The van der Waals surface area contributed by atoms with E-state index in [1.807, 2.05) is 6.08 Å². The fourth-order valence-corrected chi connectivity index (χ4v) is 8.00. The van der Waals surface area contributed by atoms with E-state index in [0.717, 1.165) is 70.6 Å². The Bertz CT molecular complexity index is 845. The van der Waals surface area contributed by atoms with Gasteiger partial charge in [0.05, 0.1) is 0 Å². The predicted octanol–water partition coefficient (Wildman–Crippen LogP) is 6.57. The van der Waals surface area contributed by atoms with Crippen molar-refractivity contribution in [1.29, 1.82) is 0 Å². The number of allylic oxidation sites excluding steroid dienone is 2. The molecule has 32 heavy (non-hydrogen) atoms. The first-order valence-corrected chi connectivity index (χ1v) is 13.0. The van der Waals surface area contributed by atoms with Gasteiger partial charge < -0.3 is 4.74 Å². The summed E-state index contributed by atoms with van der Waals surface area (Å²) in [6, 6.07) is 0. The van der Waals surface area contributed by atoms with Crippen molar-refractivity contribution in [3.8, 4) is 12.3 Å². The molecular formula is C29H40O3. The average molecular weight is 437 g/mol. The Morgan fingerprint density at radius 3 is 2.75 bits per heavy atom. The Labute approximate surface area is 194 Å². The van der Waals surface area contributed by atoms with Gasteiger partial charge in [0.25, 0.3) is 0 Å². The van der Waals surface area contributed by atoms with E-state index in [1.54, 1.807) is 0 Å². The Hall–Kier alpha value is -1.82. The second kappa shape index (κ2) is 9.20. The molecule has 0 amide bonds. The fourth-order valence-electron chi connectivity index (χ4n) is 8.00. The van der Waals surface area contributed by atoms with E-state index < -0.39 is 5.60 Å². The van der Waals surface area contributed by atoms with Gasteiger partial charge in [-0.1, -0.05) is 56.8 Å². The third kappa shape index (κ3) is 3.68. The first-order valence-electron chi connectivity index (χ1n) is 13.0. The maximum atomic E-state index is 12.9. The summed E-state index contributed by atoms with van der Waals surface area (Å²) in [5.41, 5.74) is 1.62. The molecule has 0 aromatic rings. The van der Waals surface area contributed by atoms with Gasteiger partial charge in [0.1, 0.15) is 0 Å². The molecule has 0 spiro atoms. The van der Waals surface area contributed by atoms with Crippen molar-refractivity contribution in [1.82, 2.24) is 0 Å². The summed E-state index contributed by atoms with van der Waals surface area (Å²) in [7, 11) is 0. The lowest BCUT2D eigenvalue weighted by Gasteiger charge is -2.57. The van der Waals surface area contributed by atoms with Crippen molar-refractivity contribution in [2.45, 2.75) is 103 Å². The van der Waals surface area contributed by atoms with E-state index in [0.29, 0.717) is 36.5 Å². The van der Waals surface area contributed by atoms with Gasteiger partial charge >= 0.3 is 5.97 Å². The molecule has 3 unspecified atom stereocenters. The minimum atomic E-state index is -0.805. The van der Waals surface area contributed by atoms with Crippen molar-refractivity contribution in [2.75, 3.05) is 0 Å². The molecule has 0 aromatic heterocycles.